The van der Waals surface area contributed by atoms with Gasteiger partial charge in [0.15, 0.2) is 0 Å². The highest BCUT2D eigenvalue weighted by molar-refractivity contribution is 5.94. The van der Waals surface area contributed by atoms with Crippen LogP contribution < -0.4 is 10.1 Å². The van der Waals surface area contributed by atoms with Crippen molar-refractivity contribution in [1.29, 1.82) is 0 Å². The van der Waals surface area contributed by atoms with Gasteiger partial charge in [-0.3, -0.25) is 4.79 Å². The summed E-state index contributed by atoms with van der Waals surface area (Å²) in [5.74, 6) is -0.563. The van der Waals surface area contributed by atoms with Crippen molar-refractivity contribution < 1.29 is 19.4 Å². The molecule has 1 amide bonds. The largest absolute Gasteiger partial charge is 0.497 e. The van der Waals surface area contributed by atoms with Crippen molar-refractivity contribution in [1.82, 2.24) is 5.32 Å². The van der Waals surface area contributed by atoms with E-state index in [1.54, 1.807) is 25.3 Å². The molecule has 5 heteroatoms. The number of nitrogens with one attached hydrogen (secondary N) is 1. The molecule has 0 saturated carbocycles. The molecule has 1 aromatic rings. The number of hydrogen-bond donors (Lipinski definition) is 2. The minimum Gasteiger partial charge on any atom is -0.497 e. The highest BCUT2D eigenvalue weighted by atomic mass is 16.5. The summed E-state index contributed by atoms with van der Waals surface area (Å²) in [6, 6.07) is 6.37. The molecule has 0 spiro atoms. The number of hydrogen-bond acceptors (Lipinski definition) is 3. The van der Waals surface area contributed by atoms with Gasteiger partial charge < -0.3 is 15.2 Å². The highest BCUT2D eigenvalue weighted by Crippen LogP contribution is 2.13. The van der Waals surface area contributed by atoms with Crippen molar-refractivity contribution >= 4 is 18.0 Å². The lowest BCUT2D eigenvalue weighted by Gasteiger charge is -2.15. The van der Waals surface area contributed by atoms with Gasteiger partial charge in [-0.25, -0.2) is 4.79 Å². The Morgan fingerprint density at radius 1 is 1.38 bits per heavy atom. The second kappa shape index (κ2) is 8.09. The van der Waals surface area contributed by atoms with Gasteiger partial charge in [0.2, 0.25) is 5.91 Å². The van der Waals surface area contributed by atoms with Gasteiger partial charge in [-0.1, -0.05) is 26.0 Å². The second-order valence-corrected chi connectivity index (χ2v) is 5.14. The summed E-state index contributed by atoms with van der Waals surface area (Å²) >= 11 is 0. The summed E-state index contributed by atoms with van der Waals surface area (Å²) in [5.41, 5.74) is 0.806. The molecule has 114 valence electrons. The minimum atomic E-state index is -1.02. The Morgan fingerprint density at radius 3 is 2.67 bits per heavy atom. The van der Waals surface area contributed by atoms with E-state index >= 15 is 0 Å². The number of carbonyl (C=O) groups excluding carboxylic acids is 1. The van der Waals surface area contributed by atoms with Crippen LogP contribution in [0.4, 0.5) is 0 Å². The summed E-state index contributed by atoms with van der Waals surface area (Å²) in [7, 11) is 1.57. The summed E-state index contributed by atoms with van der Waals surface area (Å²) in [6.45, 7) is 3.82. The van der Waals surface area contributed by atoms with Crippen molar-refractivity contribution in [2.24, 2.45) is 5.92 Å². The molecule has 0 aliphatic rings. The van der Waals surface area contributed by atoms with Crippen LogP contribution in [-0.2, 0) is 9.59 Å². The first-order valence-corrected chi connectivity index (χ1v) is 6.77. The standard InChI is InChI=1S/C16H21NO4/c1-11(2)9-14(16(19)20)17-15(18)8-7-12-5-4-6-13(10-12)21-3/h4-8,10-11,14H,9H2,1-3H3,(H,17,18)(H,19,20)/b8-7+/t14-/m0/s1. The number of carboxylic acid groups (broad SMARTS) is 1. The van der Waals surface area contributed by atoms with Gasteiger partial charge in [0.1, 0.15) is 11.8 Å². The molecule has 0 aliphatic carbocycles. The predicted octanol–water partition coefficient (Wildman–Crippen LogP) is 2.32. The number of carbonyl (C=O) groups is 2. The number of ether oxygens (including phenoxy) is 1. The smallest absolute Gasteiger partial charge is 0.326 e. The lowest BCUT2D eigenvalue weighted by atomic mass is 10.0. The molecule has 0 fully saturated rings. The van der Waals surface area contributed by atoms with Crippen molar-refractivity contribution in [2.75, 3.05) is 7.11 Å². The molecular weight excluding hydrogens is 270 g/mol. The summed E-state index contributed by atoms with van der Waals surface area (Å²) in [5, 5.41) is 11.6. The molecule has 5 nitrogen and oxygen atoms in total. The maximum atomic E-state index is 11.8. The van der Waals surface area contributed by atoms with Gasteiger partial charge in [-0.15, -0.1) is 0 Å². The van der Waals surface area contributed by atoms with Crippen LogP contribution >= 0.6 is 0 Å². The normalized spacial score (nSPS) is 12.4. The van der Waals surface area contributed by atoms with E-state index in [0.717, 1.165) is 5.56 Å². The van der Waals surface area contributed by atoms with E-state index in [1.807, 2.05) is 26.0 Å². The third-order valence-corrected chi connectivity index (χ3v) is 2.84. The monoisotopic (exact) mass is 291 g/mol. The van der Waals surface area contributed by atoms with Gasteiger partial charge in [0.05, 0.1) is 7.11 Å². The quantitative estimate of drug-likeness (QED) is 0.756. The third-order valence-electron chi connectivity index (χ3n) is 2.84. The Morgan fingerprint density at radius 2 is 2.10 bits per heavy atom. The van der Waals surface area contributed by atoms with Crippen LogP contribution in [0.25, 0.3) is 6.08 Å². The molecule has 2 N–H and O–H groups in total. The number of aliphatic carboxylic acids is 1. The third kappa shape index (κ3) is 6.12. The van der Waals surface area contributed by atoms with E-state index in [9.17, 15) is 9.59 Å². The van der Waals surface area contributed by atoms with Crippen LogP contribution in [0.2, 0.25) is 0 Å². The first kappa shape index (κ1) is 16.8. The zero-order chi connectivity index (χ0) is 15.8. The summed E-state index contributed by atoms with van der Waals surface area (Å²) in [6.07, 6.45) is 3.34. The van der Waals surface area contributed by atoms with Gasteiger partial charge in [-0.2, -0.15) is 0 Å². The number of rotatable bonds is 7. The maximum absolute atomic E-state index is 11.8. The number of carboxylic acids is 1. The summed E-state index contributed by atoms with van der Waals surface area (Å²) < 4.78 is 5.09. The average molecular weight is 291 g/mol. The van der Waals surface area contributed by atoms with E-state index < -0.39 is 17.9 Å². The molecule has 0 heterocycles. The Hall–Kier alpha value is -2.30. The SMILES string of the molecule is COc1cccc(/C=C/C(=O)N[C@@H](CC(C)C)C(=O)O)c1. The Kier molecular flexibility index (Phi) is 6.46. The fourth-order valence-electron chi connectivity index (χ4n) is 1.83. The van der Waals surface area contributed by atoms with Gasteiger partial charge in [0, 0.05) is 6.08 Å². The van der Waals surface area contributed by atoms with E-state index in [0.29, 0.717) is 12.2 Å². The van der Waals surface area contributed by atoms with Crippen LogP contribution in [-0.4, -0.2) is 30.1 Å². The molecule has 21 heavy (non-hydrogen) atoms. The van der Waals surface area contributed by atoms with Gasteiger partial charge >= 0.3 is 5.97 Å². The van der Waals surface area contributed by atoms with Gasteiger partial charge in [-0.05, 0) is 36.1 Å². The molecular formula is C16H21NO4. The van der Waals surface area contributed by atoms with Crippen LogP contribution in [0.15, 0.2) is 30.3 Å². The summed E-state index contributed by atoms with van der Waals surface area (Å²) in [4.78, 5) is 22.8. The average Bonchev–Trinajstić information content (AvgIpc) is 2.44. The molecule has 0 bridgehead atoms. The second-order valence-electron chi connectivity index (χ2n) is 5.14. The predicted molar refractivity (Wildman–Crippen MR) is 81.0 cm³/mol. The maximum Gasteiger partial charge on any atom is 0.326 e. The first-order valence-electron chi connectivity index (χ1n) is 6.77. The first-order chi connectivity index (χ1) is 9.92. The highest BCUT2D eigenvalue weighted by Gasteiger charge is 2.19. The van der Waals surface area contributed by atoms with E-state index in [4.69, 9.17) is 9.84 Å². The Bertz CT molecular complexity index is 523. The molecule has 0 saturated heterocycles. The van der Waals surface area contributed by atoms with E-state index in [1.165, 1.54) is 6.08 Å². The fourth-order valence-corrected chi connectivity index (χ4v) is 1.83. The minimum absolute atomic E-state index is 0.189. The van der Waals surface area contributed by atoms with Crippen LogP contribution in [0.5, 0.6) is 5.75 Å². The fraction of sp³-hybridized carbons (Fsp3) is 0.375. The molecule has 1 aromatic carbocycles. The van der Waals surface area contributed by atoms with Crippen LogP contribution in [0.1, 0.15) is 25.8 Å². The van der Waals surface area contributed by atoms with Gasteiger partial charge in [0.25, 0.3) is 0 Å². The van der Waals surface area contributed by atoms with Crippen LogP contribution in [0, 0.1) is 5.92 Å². The Labute approximate surface area is 124 Å². The Balaban J connectivity index is 2.66. The molecule has 1 rings (SSSR count). The van der Waals surface area contributed by atoms with Crippen molar-refractivity contribution in [2.45, 2.75) is 26.3 Å². The molecule has 0 unspecified atom stereocenters. The number of benzene rings is 1. The van der Waals surface area contributed by atoms with Crippen molar-refractivity contribution in [3.63, 3.8) is 0 Å². The molecule has 0 aliphatic heterocycles. The zero-order valence-corrected chi connectivity index (χ0v) is 12.5. The molecule has 0 radical (unpaired) electrons. The number of amides is 1. The van der Waals surface area contributed by atoms with E-state index in [2.05, 4.69) is 5.32 Å². The number of methoxy groups -OCH3 is 1. The lowest BCUT2D eigenvalue weighted by Crippen LogP contribution is -2.40. The molecule has 1 atom stereocenters. The van der Waals surface area contributed by atoms with Crippen LogP contribution in [0.3, 0.4) is 0 Å². The molecule has 0 aromatic heterocycles. The topological polar surface area (TPSA) is 75.6 Å². The zero-order valence-electron chi connectivity index (χ0n) is 12.5. The van der Waals surface area contributed by atoms with E-state index in [-0.39, 0.29) is 5.92 Å². The van der Waals surface area contributed by atoms with Crippen molar-refractivity contribution in [3.05, 3.63) is 35.9 Å². The lowest BCUT2D eigenvalue weighted by molar-refractivity contribution is -0.141. The van der Waals surface area contributed by atoms with Crippen molar-refractivity contribution in [3.8, 4) is 5.75 Å².